The molecule has 0 N–H and O–H groups in total. The summed E-state index contributed by atoms with van der Waals surface area (Å²) in [6, 6.07) is 14.1. The summed E-state index contributed by atoms with van der Waals surface area (Å²) in [5, 5.41) is 11.2. The second kappa shape index (κ2) is 7.91. The second-order valence-corrected chi connectivity index (χ2v) is 8.14. The molecule has 2 aliphatic rings. The molecule has 0 spiro atoms. The van der Waals surface area contributed by atoms with E-state index in [1.165, 1.54) is 11.8 Å². The number of hydrogen-bond donors (Lipinski definition) is 0. The lowest BCUT2D eigenvalue weighted by atomic mass is 10.0. The minimum absolute atomic E-state index is 0.0810. The molecule has 3 heterocycles. The lowest BCUT2D eigenvalue weighted by Crippen LogP contribution is -2.32. The van der Waals surface area contributed by atoms with E-state index >= 15 is 0 Å². The molecule has 1 fully saturated rings. The molecular weight excluding hydrogens is 386 g/mol. The first-order valence-electron chi connectivity index (χ1n) is 9.82. The molecule has 29 heavy (non-hydrogen) atoms. The van der Waals surface area contributed by atoms with Crippen LogP contribution in [0.25, 0.3) is 10.8 Å². The molecule has 7 heteroatoms. The third kappa shape index (κ3) is 3.62. The number of benzene rings is 2. The molecule has 0 radical (unpaired) electrons. The molecule has 0 saturated carbocycles. The Labute approximate surface area is 173 Å². The van der Waals surface area contributed by atoms with Gasteiger partial charge in [-0.05, 0) is 30.5 Å². The molecule has 2 aromatic carbocycles. The maximum Gasteiger partial charge on any atom is 0.233 e. The third-order valence-corrected chi connectivity index (χ3v) is 6.36. The Morgan fingerprint density at radius 3 is 2.93 bits per heavy atom. The number of fused-ring (bicyclic) bond motifs is 2. The van der Waals surface area contributed by atoms with Crippen LogP contribution in [0.1, 0.15) is 24.4 Å². The summed E-state index contributed by atoms with van der Waals surface area (Å²) in [6.07, 6.45) is 3.72. The zero-order valence-corrected chi connectivity index (χ0v) is 16.7. The van der Waals surface area contributed by atoms with E-state index in [2.05, 4.69) is 10.2 Å². The van der Waals surface area contributed by atoms with Gasteiger partial charge >= 0.3 is 0 Å². The van der Waals surface area contributed by atoms with Gasteiger partial charge in [-0.25, -0.2) is 0 Å². The Hall–Kier alpha value is -2.80. The van der Waals surface area contributed by atoms with Gasteiger partial charge in [0.2, 0.25) is 5.91 Å². The maximum absolute atomic E-state index is 13.0. The highest BCUT2D eigenvalue weighted by molar-refractivity contribution is 8.00. The highest BCUT2D eigenvalue weighted by Gasteiger charge is 2.31. The lowest BCUT2D eigenvalue weighted by Gasteiger charge is -2.26. The fourth-order valence-electron chi connectivity index (χ4n) is 4.00. The fourth-order valence-corrected chi connectivity index (χ4v) is 4.87. The Bertz CT molecular complexity index is 1050. The normalized spacial score (nSPS) is 18.2. The van der Waals surface area contributed by atoms with Crippen LogP contribution in [0, 0.1) is 0 Å². The molecule has 0 aliphatic carbocycles. The van der Waals surface area contributed by atoms with Crippen molar-refractivity contribution in [3.8, 4) is 11.5 Å². The van der Waals surface area contributed by atoms with Crippen LogP contribution in [0.5, 0.6) is 11.5 Å². The van der Waals surface area contributed by atoms with Crippen molar-refractivity contribution in [3.05, 3.63) is 54.2 Å². The van der Waals surface area contributed by atoms with Crippen LogP contribution in [0.2, 0.25) is 0 Å². The molecule has 6 nitrogen and oxygen atoms in total. The largest absolute Gasteiger partial charge is 0.486 e. The Morgan fingerprint density at radius 1 is 1.14 bits per heavy atom. The van der Waals surface area contributed by atoms with Gasteiger partial charge in [-0.1, -0.05) is 42.1 Å². The smallest absolute Gasteiger partial charge is 0.233 e. The summed E-state index contributed by atoms with van der Waals surface area (Å²) in [6.45, 7) is 1.92. The highest BCUT2D eigenvalue weighted by Crippen LogP contribution is 2.38. The molecule has 1 amide bonds. The predicted molar refractivity (Wildman–Crippen MR) is 111 cm³/mol. The third-order valence-electron chi connectivity index (χ3n) is 5.39. The molecule has 3 aromatic rings. The summed E-state index contributed by atoms with van der Waals surface area (Å²) in [5.74, 6) is 2.03. The van der Waals surface area contributed by atoms with E-state index in [0.29, 0.717) is 19.0 Å². The van der Waals surface area contributed by atoms with Crippen LogP contribution in [-0.4, -0.2) is 46.5 Å². The van der Waals surface area contributed by atoms with Crippen molar-refractivity contribution in [2.75, 3.05) is 25.5 Å². The summed E-state index contributed by atoms with van der Waals surface area (Å²) in [4.78, 5) is 15.0. The minimum Gasteiger partial charge on any atom is -0.486 e. The summed E-state index contributed by atoms with van der Waals surface area (Å²) >= 11 is 1.46. The van der Waals surface area contributed by atoms with Gasteiger partial charge in [0, 0.05) is 17.3 Å². The van der Waals surface area contributed by atoms with E-state index in [1.807, 2.05) is 47.4 Å². The number of likely N-dealkylation sites (tertiary alicyclic amines) is 1. The first kappa shape index (κ1) is 18.2. The molecule has 1 saturated heterocycles. The first-order valence-corrected chi connectivity index (χ1v) is 10.8. The van der Waals surface area contributed by atoms with Crippen molar-refractivity contribution in [1.29, 1.82) is 0 Å². The number of carbonyl (C=O) groups is 1. The van der Waals surface area contributed by atoms with Crippen LogP contribution in [0.3, 0.4) is 0 Å². The van der Waals surface area contributed by atoms with Crippen LogP contribution in [-0.2, 0) is 4.79 Å². The molecule has 2 aliphatic heterocycles. The molecule has 1 atom stereocenters. The van der Waals surface area contributed by atoms with Gasteiger partial charge in [-0.3, -0.25) is 4.79 Å². The van der Waals surface area contributed by atoms with Crippen molar-refractivity contribution in [3.63, 3.8) is 0 Å². The van der Waals surface area contributed by atoms with Gasteiger partial charge < -0.3 is 14.4 Å². The van der Waals surface area contributed by atoms with Crippen LogP contribution < -0.4 is 9.47 Å². The van der Waals surface area contributed by atoms with E-state index in [4.69, 9.17) is 9.47 Å². The fraction of sp³-hybridized carbons (Fsp3) is 0.318. The average Bonchev–Trinajstić information content (AvgIpc) is 3.27. The Kier molecular flexibility index (Phi) is 4.97. The highest BCUT2D eigenvalue weighted by atomic mass is 32.2. The Balaban J connectivity index is 1.31. The maximum atomic E-state index is 13.0. The summed E-state index contributed by atoms with van der Waals surface area (Å²) in [5.41, 5.74) is 1.11. The van der Waals surface area contributed by atoms with Gasteiger partial charge in [-0.15, -0.1) is 5.10 Å². The van der Waals surface area contributed by atoms with E-state index in [-0.39, 0.29) is 11.9 Å². The van der Waals surface area contributed by atoms with Crippen LogP contribution in [0.4, 0.5) is 0 Å². The standard InChI is InChI=1S/C22H21N3O3S/c26-21(14-29-22-17-5-2-1-4-16(17)13-23-24-22)25-9-3-6-18(25)15-7-8-19-20(12-15)28-11-10-27-19/h1-2,4-5,7-8,12-13,18H,3,6,9-11,14H2/t18-/m1/s1. The van der Waals surface area contributed by atoms with E-state index in [9.17, 15) is 4.79 Å². The molecule has 1 aromatic heterocycles. The van der Waals surface area contributed by atoms with E-state index < -0.39 is 0 Å². The quantitative estimate of drug-likeness (QED) is 0.612. The molecular formula is C22H21N3O3S. The number of thioether (sulfide) groups is 1. The number of rotatable bonds is 4. The zero-order valence-electron chi connectivity index (χ0n) is 15.9. The van der Waals surface area contributed by atoms with Crippen molar-refractivity contribution in [1.82, 2.24) is 15.1 Å². The number of ether oxygens (including phenoxy) is 2. The van der Waals surface area contributed by atoms with Crippen molar-refractivity contribution >= 4 is 28.4 Å². The Morgan fingerprint density at radius 2 is 2.00 bits per heavy atom. The van der Waals surface area contributed by atoms with Crippen LogP contribution >= 0.6 is 11.8 Å². The van der Waals surface area contributed by atoms with E-state index in [1.54, 1.807) is 6.20 Å². The lowest BCUT2D eigenvalue weighted by molar-refractivity contribution is -0.129. The van der Waals surface area contributed by atoms with Crippen molar-refractivity contribution < 1.29 is 14.3 Å². The molecule has 148 valence electrons. The van der Waals surface area contributed by atoms with Gasteiger partial charge in [-0.2, -0.15) is 5.10 Å². The number of hydrogen-bond acceptors (Lipinski definition) is 6. The number of aromatic nitrogens is 2. The summed E-state index contributed by atoms with van der Waals surface area (Å²) < 4.78 is 11.3. The van der Waals surface area contributed by atoms with Crippen molar-refractivity contribution in [2.24, 2.45) is 0 Å². The molecule has 0 bridgehead atoms. The molecule has 0 unspecified atom stereocenters. The van der Waals surface area contributed by atoms with Gasteiger partial charge in [0.05, 0.1) is 18.0 Å². The number of amides is 1. The van der Waals surface area contributed by atoms with Crippen LogP contribution in [0.15, 0.2) is 53.7 Å². The van der Waals surface area contributed by atoms with Gasteiger partial charge in [0.1, 0.15) is 18.2 Å². The summed E-state index contributed by atoms with van der Waals surface area (Å²) in [7, 11) is 0. The van der Waals surface area contributed by atoms with Gasteiger partial charge in [0.25, 0.3) is 0 Å². The number of carbonyl (C=O) groups excluding carboxylic acids is 1. The van der Waals surface area contributed by atoms with E-state index in [0.717, 1.165) is 52.2 Å². The zero-order chi connectivity index (χ0) is 19.6. The first-order chi connectivity index (χ1) is 14.3. The minimum atomic E-state index is 0.0810. The average molecular weight is 407 g/mol. The SMILES string of the molecule is O=C(CSc1nncc2ccccc12)N1CCC[C@@H]1c1ccc2c(c1)OCCO2. The van der Waals surface area contributed by atoms with Gasteiger partial charge in [0.15, 0.2) is 11.5 Å². The monoisotopic (exact) mass is 407 g/mol. The predicted octanol–water partition coefficient (Wildman–Crippen LogP) is 3.86. The van der Waals surface area contributed by atoms with Crippen molar-refractivity contribution in [2.45, 2.75) is 23.9 Å². The topological polar surface area (TPSA) is 64.6 Å². The second-order valence-electron chi connectivity index (χ2n) is 7.17. The molecule has 5 rings (SSSR count). The number of nitrogens with zero attached hydrogens (tertiary/aromatic N) is 3.